The molecule has 156 valence electrons. The largest absolute Gasteiger partial charge is 0.383 e. The van der Waals surface area contributed by atoms with Gasteiger partial charge in [-0.1, -0.05) is 36.2 Å². The van der Waals surface area contributed by atoms with E-state index in [9.17, 15) is 8.78 Å². The Morgan fingerprint density at radius 2 is 1.93 bits per heavy atom. The standard InChI is InChI=1S/C23H21Cl2F2N3/c1-12(21-18(24)2-3-19(26)22(21)25)6-15-8-16(10-30-23(15)28)14-7-13-4-5-29-11-17(13)20(27)9-14/h2-3,7-10,12,29H,4-6,11H2,1H3,(H2,28,30)/t12-/m0/s1. The monoisotopic (exact) mass is 447 g/mol. The van der Waals surface area contributed by atoms with Crippen molar-refractivity contribution in [1.82, 2.24) is 10.3 Å². The average Bonchev–Trinajstić information content (AvgIpc) is 2.72. The SMILES string of the molecule is C[C@@H](Cc1cc(-c2cc(F)c3c(c2)CCNC3)cnc1N)c1c(Cl)ccc(F)c1Cl. The first-order chi connectivity index (χ1) is 14.3. The molecule has 3 aromatic rings. The number of nitrogens with two attached hydrogens (primary N) is 1. The summed E-state index contributed by atoms with van der Waals surface area (Å²) in [5.41, 5.74) is 10.7. The second-order valence-electron chi connectivity index (χ2n) is 7.65. The molecule has 0 amide bonds. The Morgan fingerprint density at radius 3 is 2.73 bits per heavy atom. The fraction of sp³-hybridized carbons (Fsp3) is 0.261. The summed E-state index contributed by atoms with van der Waals surface area (Å²) in [5.74, 6) is -0.551. The Labute approximate surface area is 184 Å². The van der Waals surface area contributed by atoms with Crippen LogP contribution >= 0.6 is 23.2 Å². The molecule has 0 fully saturated rings. The van der Waals surface area contributed by atoms with Crippen molar-refractivity contribution in [3.05, 3.63) is 80.5 Å². The van der Waals surface area contributed by atoms with E-state index in [-0.39, 0.29) is 16.8 Å². The predicted octanol–water partition coefficient (Wildman–Crippen LogP) is 5.91. The molecule has 0 radical (unpaired) electrons. The molecule has 0 saturated heterocycles. The quantitative estimate of drug-likeness (QED) is 0.488. The maximum atomic E-state index is 14.6. The van der Waals surface area contributed by atoms with E-state index < -0.39 is 5.82 Å². The van der Waals surface area contributed by atoms with Crippen molar-refractivity contribution in [2.24, 2.45) is 0 Å². The van der Waals surface area contributed by atoms with Gasteiger partial charge in [0.25, 0.3) is 0 Å². The topological polar surface area (TPSA) is 50.9 Å². The highest BCUT2D eigenvalue weighted by Crippen LogP contribution is 2.36. The number of nitrogens with one attached hydrogen (secondary N) is 1. The van der Waals surface area contributed by atoms with Crippen LogP contribution in [-0.2, 0) is 19.4 Å². The minimum atomic E-state index is -0.512. The first-order valence-corrected chi connectivity index (χ1v) is 10.5. The van der Waals surface area contributed by atoms with Crippen LogP contribution in [0.5, 0.6) is 0 Å². The van der Waals surface area contributed by atoms with Crippen LogP contribution in [0.3, 0.4) is 0 Å². The number of nitrogen functional groups attached to an aromatic ring is 1. The number of hydrogen-bond donors (Lipinski definition) is 2. The third-order valence-electron chi connectivity index (χ3n) is 5.59. The summed E-state index contributed by atoms with van der Waals surface area (Å²) in [4.78, 5) is 4.31. The number of fused-ring (bicyclic) bond motifs is 1. The van der Waals surface area contributed by atoms with Crippen LogP contribution in [0.1, 0.15) is 35.1 Å². The Morgan fingerprint density at radius 1 is 1.13 bits per heavy atom. The Kier molecular flexibility index (Phi) is 5.96. The lowest BCUT2D eigenvalue weighted by atomic mass is 9.91. The highest BCUT2D eigenvalue weighted by molar-refractivity contribution is 6.36. The molecule has 0 aliphatic carbocycles. The van der Waals surface area contributed by atoms with Crippen molar-refractivity contribution in [2.45, 2.75) is 32.2 Å². The third kappa shape index (κ3) is 4.02. The first-order valence-electron chi connectivity index (χ1n) is 9.75. The molecule has 3 nitrogen and oxygen atoms in total. The van der Waals surface area contributed by atoms with Gasteiger partial charge < -0.3 is 11.1 Å². The number of halogens is 4. The lowest BCUT2D eigenvalue weighted by Gasteiger charge is -2.20. The van der Waals surface area contributed by atoms with Crippen molar-refractivity contribution >= 4 is 29.0 Å². The molecule has 4 rings (SSSR count). The van der Waals surface area contributed by atoms with Gasteiger partial charge in [-0.2, -0.15) is 0 Å². The van der Waals surface area contributed by atoms with E-state index in [2.05, 4.69) is 10.3 Å². The second kappa shape index (κ2) is 8.50. The van der Waals surface area contributed by atoms with Crippen LogP contribution in [-0.4, -0.2) is 11.5 Å². The predicted molar refractivity (Wildman–Crippen MR) is 118 cm³/mol. The Balaban J connectivity index is 1.68. The summed E-state index contributed by atoms with van der Waals surface area (Å²) >= 11 is 12.4. The number of rotatable bonds is 4. The van der Waals surface area contributed by atoms with Gasteiger partial charge in [0.1, 0.15) is 17.5 Å². The zero-order chi connectivity index (χ0) is 21.4. The van der Waals surface area contributed by atoms with Crippen LogP contribution in [0.4, 0.5) is 14.6 Å². The molecule has 2 aromatic carbocycles. The molecule has 7 heteroatoms. The highest BCUT2D eigenvalue weighted by Gasteiger charge is 2.20. The van der Waals surface area contributed by atoms with Crippen molar-refractivity contribution in [3.8, 4) is 11.1 Å². The molecule has 0 spiro atoms. The van der Waals surface area contributed by atoms with E-state index in [4.69, 9.17) is 28.9 Å². The van der Waals surface area contributed by atoms with Crippen LogP contribution in [0, 0.1) is 11.6 Å². The molecule has 3 N–H and O–H groups in total. The molecular formula is C23H21Cl2F2N3. The zero-order valence-corrected chi connectivity index (χ0v) is 17.9. The van der Waals surface area contributed by atoms with Gasteiger partial charge in [0, 0.05) is 28.9 Å². The Bertz CT molecular complexity index is 1120. The fourth-order valence-corrected chi connectivity index (χ4v) is 4.73. The molecule has 2 heterocycles. The molecule has 30 heavy (non-hydrogen) atoms. The van der Waals surface area contributed by atoms with Crippen molar-refractivity contribution < 1.29 is 8.78 Å². The van der Waals surface area contributed by atoms with E-state index in [1.165, 1.54) is 18.2 Å². The smallest absolute Gasteiger partial charge is 0.142 e. The number of pyridine rings is 1. The lowest BCUT2D eigenvalue weighted by Crippen LogP contribution is -2.24. The zero-order valence-electron chi connectivity index (χ0n) is 16.4. The number of hydrogen-bond acceptors (Lipinski definition) is 3. The molecule has 0 unspecified atom stereocenters. The summed E-state index contributed by atoms with van der Waals surface area (Å²) in [6.45, 7) is 3.28. The molecule has 1 atom stereocenters. The normalized spacial score (nSPS) is 14.4. The number of nitrogens with zero attached hydrogens (tertiary/aromatic N) is 1. The van der Waals surface area contributed by atoms with E-state index in [0.29, 0.717) is 29.4 Å². The Hall–Kier alpha value is -2.21. The summed E-state index contributed by atoms with van der Waals surface area (Å²) in [5, 5.41) is 3.61. The highest BCUT2D eigenvalue weighted by atomic mass is 35.5. The van der Waals surface area contributed by atoms with Gasteiger partial charge in [-0.05, 0) is 71.8 Å². The molecule has 1 aromatic heterocycles. The van der Waals surface area contributed by atoms with Gasteiger partial charge in [-0.3, -0.25) is 0 Å². The van der Waals surface area contributed by atoms with E-state index in [1.807, 2.05) is 19.1 Å². The van der Waals surface area contributed by atoms with Crippen LogP contribution in [0.15, 0.2) is 36.5 Å². The molecule has 1 aliphatic heterocycles. The maximum absolute atomic E-state index is 14.6. The average molecular weight is 448 g/mol. The molecule has 0 bridgehead atoms. The molecule has 0 saturated carbocycles. The minimum Gasteiger partial charge on any atom is -0.383 e. The first kappa shape index (κ1) is 21.0. The van der Waals surface area contributed by atoms with Crippen molar-refractivity contribution in [2.75, 3.05) is 12.3 Å². The van der Waals surface area contributed by atoms with Gasteiger partial charge in [-0.15, -0.1) is 0 Å². The van der Waals surface area contributed by atoms with Crippen LogP contribution < -0.4 is 11.1 Å². The number of benzene rings is 2. The molecule has 1 aliphatic rings. The van der Waals surface area contributed by atoms with Crippen LogP contribution in [0.25, 0.3) is 11.1 Å². The van der Waals surface area contributed by atoms with Gasteiger partial charge >= 0.3 is 0 Å². The van der Waals surface area contributed by atoms with Gasteiger partial charge in [0.05, 0.1) is 5.02 Å². The summed E-state index contributed by atoms with van der Waals surface area (Å²) < 4.78 is 28.5. The number of aromatic nitrogens is 1. The van der Waals surface area contributed by atoms with Crippen molar-refractivity contribution in [1.29, 1.82) is 0 Å². The fourth-order valence-electron chi connectivity index (χ4n) is 3.99. The van der Waals surface area contributed by atoms with Gasteiger partial charge in [0.2, 0.25) is 0 Å². The van der Waals surface area contributed by atoms with E-state index >= 15 is 0 Å². The van der Waals surface area contributed by atoms with E-state index in [0.717, 1.165) is 40.8 Å². The van der Waals surface area contributed by atoms with Gasteiger partial charge in [0.15, 0.2) is 0 Å². The second-order valence-corrected chi connectivity index (χ2v) is 8.44. The third-order valence-corrected chi connectivity index (χ3v) is 6.31. The van der Waals surface area contributed by atoms with E-state index in [1.54, 1.807) is 6.20 Å². The minimum absolute atomic E-state index is 0.0167. The summed E-state index contributed by atoms with van der Waals surface area (Å²) in [6.07, 6.45) is 2.89. The summed E-state index contributed by atoms with van der Waals surface area (Å²) in [7, 11) is 0. The lowest BCUT2D eigenvalue weighted by molar-refractivity contribution is 0.564. The maximum Gasteiger partial charge on any atom is 0.142 e. The summed E-state index contributed by atoms with van der Waals surface area (Å²) in [6, 6.07) is 8.20. The van der Waals surface area contributed by atoms with Gasteiger partial charge in [-0.25, -0.2) is 13.8 Å². The number of anilines is 1. The van der Waals surface area contributed by atoms with Crippen molar-refractivity contribution in [3.63, 3.8) is 0 Å². The van der Waals surface area contributed by atoms with Crippen LogP contribution in [0.2, 0.25) is 10.0 Å². The molecular weight excluding hydrogens is 427 g/mol.